The molecule has 3 nitrogen and oxygen atoms in total. The van der Waals surface area contributed by atoms with Gasteiger partial charge in [-0.25, -0.2) is 0 Å². The summed E-state index contributed by atoms with van der Waals surface area (Å²) in [5.74, 6) is -0.969. The number of hydrogen-bond acceptors (Lipinski definition) is 2. The molecule has 0 aliphatic rings. The number of nitrogens with two attached hydrogens (primary N) is 1. The summed E-state index contributed by atoms with van der Waals surface area (Å²) in [5.41, 5.74) is 6.35. The van der Waals surface area contributed by atoms with Crippen molar-refractivity contribution in [1.29, 1.82) is 0 Å². The monoisotopic (exact) mass is 244 g/mol. The molecule has 0 unspecified atom stereocenters. The van der Waals surface area contributed by atoms with E-state index in [9.17, 15) is 4.79 Å². The first kappa shape index (κ1) is 10.3. The Balaban J connectivity index is 2.74. The fraction of sp³-hybridized carbons (Fsp3) is 0.222. The first-order valence-corrected chi connectivity index (χ1v) is 4.70. The van der Waals surface area contributed by atoms with Gasteiger partial charge in [-0.15, -0.1) is 0 Å². The van der Waals surface area contributed by atoms with E-state index < -0.39 is 12.0 Å². The van der Waals surface area contributed by atoms with E-state index in [-0.39, 0.29) is 0 Å². The van der Waals surface area contributed by atoms with Gasteiger partial charge < -0.3 is 0 Å². The second kappa shape index (κ2) is 4.42. The van der Waals surface area contributed by atoms with Crippen molar-refractivity contribution in [2.24, 2.45) is 5.73 Å². The van der Waals surface area contributed by atoms with Gasteiger partial charge in [0, 0.05) is 0 Å². The van der Waals surface area contributed by atoms with E-state index >= 15 is 0 Å². The number of carboxylic acid groups (broad SMARTS) is 1. The molecule has 1 aromatic carbocycles. The van der Waals surface area contributed by atoms with E-state index in [0.29, 0.717) is 6.42 Å². The molecular weight excluding hydrogens is 233 g/mol. The quantitative estimate of drug-likeness (QED) is 0.699. The first-order chi connectivity index (χ1) is 6.11. The zero-order valence-electron chi connectivity index (χ0n) is 6.93. The van der Waals surface area contributed by atoms with Crippen molar-refractivity contribution in [3.8, 4) is 0 Å². The third kappa shape index (κ3) is 2.84. The number of hydrogen-bond donors (Lipinski definition) is 2. The Hall–Kier alpha value is -0.831. The minimum atomic E-state index is -0.969. The summed E-state index contributed by atoms with van der Waals surface area (Å²) >= 11 is 2.87. The Morgan fingerprint density at radius 1 is 1.54 bits per heavy atom. The summed E-state index contributed by atoms with van der Waals surface area (Å²) in [6, 6.07) is 6.69. The van der Waals surface area contributed by atoms with E-state index in [1.54, 1.807) is 0 Å². The Labute approximate surface area is 84.8 Å². The molecule has 0 aromatic heterocycles. The molecule has 69 valence electrons. The van der Waals surface area contributed by atoms with Gasteiger partial charge in [-0.2, -0.15) is 0 Å². The maximum absolute atomic E-state index is 10.5. The fourth-order valence-electron chi connectivity index (χ4n) is 0.997. The van der Waals surface area contributed by atoms with Crippen molar-refractivity contribution in [1.82, 2.24) is 0 Å². The molecule has 0 fully saturated rings. The van der Waals surface area contributed by atoms with Crippen LogP contribution in [0.15, 0.2) is 24.3 Å². The summed E-state index contributed by atoms with van der Waals surface area (Å²) < 4.78 is 0.958. The Morgan fingerprint density at radius 2 is 2.15 bits per heavy atom. The molecule has 0 amide bonds. The third-order valence-corrected chi connectivity index (χ3v) is 2.57. The van der Waals surface area contributed by atoms with Gasteiger partial charge in [-0.3, -0.25) is 0 Å². The van der Waals surface area contributed by atoms with Crippen molar-refractivity contribution in [2.45, 2.75) is 12.5 Å². The van der Waals surface area contributed by atoms with Gasteiger partial charge in [-0.1, -0.05) is 0 Å². The van der Waals surface area contributed by atoms with Gasteiger partial charge in [0.25, 0.3) is 0 Å². The number of carbonyl (C=O) groups is 1. The maximum atomic E-state index is 10.5. The predicted molar refractivity (Wildman–Crippen MR) is 51.1 cm³/mol. The van der Waals surface area contributed by atoms with E-state index in [2.05, 4.69) is 16.0 Å². The number of aliphatic carboxylic acids is 1. The Bertz CT molecular complexity index is 314. The van der Waals surface area contributed by atoms with Crippen LogP contribution >= 0.6 is 0 Å². The summed E-state index contributed by atoms with van der Waals surface area (Å²) in [4.78, 5) is 10.5. The minimum absolute atomic E-state index is 0.360. The normalized spacial score (nSPS) is 12.4. The molecule has 0 saturated heterocycles. The second-order valence-corrected chi connectivity index (χ2v) is 3.68. The molecule has 1 aromatic rings. The predicted octanol–water partition coefficient (Wildman–Crippen LogP) is -0.565. The van der Waals surface area contributed by atoms with Crippen LogP contribution in [-0.4, -0.2) is 33.1 Å². The number of carboxylic acids is 1. The zero-order chi connectivity index (χ0) is 9.84. The van der Waals surface area contributed by atoms with E-state index in [0.717, 1.165) is 10.0 Å². The summed E-state index contributed by atoms with van der Waals surface area (Å²) in [6.07, 6.45) is 0.360. The zero-order valence-corrected chi connectivity index (χ0v) is 8.65. The molecule has 0 heterocycles. The summed E-state index contributed by atoms with van der Waals surface area (Å²) in [6.45, 7) is 0. The van der Waals surface area contributed by atoms with Gasteiger partial charge in [0.2, 0.25) is 0 Å². The van der Waals surface area contributed by atoms with Crippen LogP contribution in [0.3, 0.4) is 0 Å². The molecule has 0 bridgehead atoms. The van der Waals surface area contributed by atoms with Crippen molar-refractivity contribution < 1.29 is 9.90 Å². The topological polar surface area (TPSA) is 63.3 Å². The van der Waals surface area contributed by atoms with Crippen LogP contribution in [0.4, 0.5) is 0 Å². The molecule has 3 N–H and O–H groups in total. The van der Waals surface area contributed by atoms with E-state index in [4.69, 9.17) is 10.8 Å². The first-order valence-electron chi connectivity index (χ1n) is 3.84. The molecule has 0 aliphatic carbocycles. The van der Waals surface area contributed by atoms with Crippen LogP contribution < -0.4 is 10.2 Å². The van der Waals surface area contributed by atoms with Crippen LogP contribution in [0.5, 0.6) is 0 Å². The average molecular weight is 243 g/mol. The van der Waals surface area contributed by atoms with Crippen LogP contribution in [0.1, 0.15) is 5.56 Å². The molecule has 1 radical (unpaired) electrons. The molecular formula is C9H10NO2Se. The standard InChI is InChI=1S/C9H10NO2Se/c10-7(9(11)12)5-6-3-1-2-4-8(6)13/h1-4,7H,5,10H2,(H,11,12)/t7-/m0/s1. The molecule has 0 spiro atoms. The average Bonchev–Trinajstić information content (AvgIpc) is 2.08. The Kier molecular flexibility index (Phi) is 3.48. The van der Waals surface area contributed by atoms with Gasteiger partial charge in [-0.05, 0) is 0 Å². The molecule has 0 aliphatic heterocycles. The van der Waals surface area contributed by atoms with E-state index in [1.807, 2.05) is 24.3 Å². The van der Waals surface area contributed by atoms with Gasteiger partial charge in [0.05, 0.1) is 0 Å². The van der Waals surface area contributed by atoms with Crippen LogP contribution in [-0.2, 0) is 11.2 Å². The molecule has 1 rings (SSSR count). The molecule has 13 heavy (non-hydrogen) atoms. The van der Waals surface area contributed by atoms with Gasteiger partial charge >= 0.3 is 84.4 Å². The summed E-state index contributed by atoms with van der Waals surface area (Å²) in [5, 5.41) is 8.60. The Morgan fingerprint density at radius 3 is 2.69 bits per heavy atom. The van der Waals surface area contributed by atoms with Crippen molar-refractivity contribution in [3.63, 3.8) is 0 Å². The SMILES string of the molecule is N[C@@H](Cc1ccccc1[Se])C(=O)O. The van der Waals surface area contributed by atoms with Crippen LogP contribution in [0.2, 0.25) is 0 Å². The third-order valence-electron chi connectivity index (χ3n) is 1.73. The van der Waals surface area contributed by atoms with Crippen LogP contribution in [0.25, 0.3) is 0 Å². The van der Waals surface area contributed by atoms with E-state index in [1.165, 1.54) is 0 Å². The molecule has 0 saturated carbocycles. The second-order valence-electron chi connectivity index (χ2n) is 2.76. The fourth-order valence-corrected chi connectivity index (χ4v) is 1.48. The van der Waals surface area contributed by atoms with Crippen LogP contribution in [0, 0.1) is 0 Å². The summed E-state index contributed by atoms with van der Waals surface area (Å²) in [7, 11) is 0. The van der Waals surface area contributed by atoms with Crippen molar-refractivity contribution >= 4 is 26.4 Å². The van der Waals surface area contributed by atoms with Crippen molar-refractivity contribution in [2.75, 3.05) is 0 Å². The number of rotatable bonds is 3. The van der Waals surface area contributed by atoms with Gasteiger partial charge in [0.15, 0.2) is 0 Å². The molecule has 1 atom stereocenters. The molecule has 4 heteroatoms. The number of benzene rings is 1. The van der Waals surface area contributed by atoms with Crippen molar-refractivity contribution in [3.05, 3.63) is 29.8 Å². The van der Waals surface area contributed by atoms with Gasteiger partial charge in [0.1, 0.15) is 0 Å².